The van der Waals surface area contributed by atoms with Crippen LogP contribution in [0.5, 0.6) is 0 Å². The molecular formula is C41H48BrClN6O3. The van der Waals surface area contributed by atoms with Crippen LogP contribution in [0.25, 0.3) is 0 Å². The summed E-state index contributed by atoms with van der Waals surface area (Å²) < 4.78 is 9.25. The molecule has 0 N–H and O–H groups in total. The number of rotatable bonds is 9. The predicted octanol–water partition coefficient (Wildman–Crippen LogP) is 8.07. The molecule has 2 fully saturated rings. The Kier molecular flexibility index (Phi) is 11.6. The molecule has 7 rings (SSSR count). The Bertz CT molecular complexity index is 1830. The van der Waals surface area contributed by atoms with E-state index in [1.165, 1.54) is 17.5 Å². The molecule has 0 radical (unpaired) electrons. The van der Waals surface area contributed by atoms with Gasteiger partial charge in [0.1, 0.15) is 12.1 Å². The van der Waals surface area contributed by atoms with E-state index >= 15 is 4.79 Å². The molecule has 4 aromatic rings. The van der Waals surface area contributed by atoms with E-state index in [0.717, 1.165) is 84.2 Å². The summed E-state index contributed by atoms with van der Waals surface area (Å²) in [4.78, 5) is 44.6. The van der Waals surface area contributed by atoms with Crippen molar-refractivity contribution in [3.8, 4) is 0 Å². The quantitative estimate of drug-likeness (QED) is 0.171. The molecule has 1 saturated heterocycles. The zero-order chi connectivity index (χ0) is 36.2. The van der Waals surface area contributed by atoms with Crippen LogP contribution in [0.3, 0.4) is 0 Å². The van der Waals surface area contributed by atoms with Gasteiger partial charge in [0.15, 0.2) is 0 Å². The smallest absolute Gasteiger partial charge is 0.410 e. The van der Waals surface area contributed by atoms with Crippen molar-refractivity contribution >= 4 is 39.5 Å². The van der Waals surface area contributed by atoms with Crippen LogP contribution in [0.15, 0.2) is 71.6 Å². The highest BCUT2D eigenvalue weighted by molar-refractivity contribution is 9.10. The van der Waals surface area contributed by atoms with Gasteiger partial charge in [0, 0.05) is 60.7 Å². The molecule has 2 atom stereocenters. The molecule has 1 aliphatic heterocycles. The number of piperazine rings is 1. The summed E-state index contributed by atoms with van der Waals surface area (Å²) in [5.41, 5.74) is 7.68. The van der Waals surface area contributed by atoms with Gasteiger partial charge in [0.05, 0.1) is 23.8 Å². The molecule has 274 valence electrons. The summed E-state index contributed by atoms with van der Waals surface area (Å²) in [5.74, 6) is -0.0679. The monoisotopic (exact) mass is 786 g/mol. The van der Waals surface area contributed by atoms with Gasteiger partial charge in [-0.3, -0.25) is 19.6 Å². The zero-order valence-electron chi connectivity index (χ0n) is 30.1. The molecule has 11 heteroatoms. The topological polar surface area (TPSA) is 83.8 Å². The highest BCUT2D eigenvalue weighted by Crippen LogP contribution is 2.39. The van der Waals surface area contributed by atoms with Crippen LogP contribution in [0.2, 0.25) is 5.02 Å². The lowest BCUT2D eigenvalue weighted by Gasteiger charge is -2.45. The van der Waals surface area contributed by atoms with Gasteiger partial charge in [-0.15, -0.1) is 0 Å². The molecule has 9 nitrogen and oxygen atoms in total. The number of hydrogen-bond acceptors (Lipinski definition) is 6. The molecule has 52 heavy (non-hydrogen) atoms. The van der Waals surface area contributed by atoms with Crippen molar-refractivity contribution in [2.75, 3.05) is 26.2 Å². The standard InChI is InChI=1S/C41H48BrClN6O3/c1-28-29(2)48(27-45-28)19-9-18-47(25-30-10-5-3-6-11-30)40(50)37-26-46(20-21-49(37)41(51)52-35-12-7-4-8-13-35)39-36-17-16-34(43)23-31(36)14-15-32-22-33(42)24-44-38(32)39/h3,5-6,10-11,16-17,22-24,27,35,37,39H,4,7-9,12-15,18-21,25-26H2,1-2H3/t37-,39+/m1/s1. The van der Waals surface area contributed by atoms with Crippen LogP contribution in [-0.2, 0) is 35.5 Å². The van der Waals surface area contributed by atoms with E-state index in [2.05, 4.69) is 67.6 Å². The number of imidazole rings is 1. The van der Waals surface area contributed by atoms with Crippen LogP contribution in [-0.4, -0.2) is 79.6 Å². The Balaban J connectivity index is 1.22. The molecule has 3 heterocycles. The van der Waals surface area contributed by atoms with E-state index in [4.69, 9.17) is 21.3 Å². The summed E-state index contributed by atoms with van der Waals surface area (Å²) >= 11 is 10.2. The SMILES string of the molecule is Cc1ncn(CCCN(Cc2ccccc2)C(=O)[C@H]2CN([C@H]3c4ccc(Cl)cc4CCc4cc(Br)cnc43)CCN2C(=O)OC2CCCCC2)c1C. The second-order valence-corrected chi connectivity index (χ2v) is 15.9. The minimum absolute atomic E-state index is 0.0679. The van der Waals surface area contributed by atoms with Gasteiger partial charge in [-0.05, 0) is 115 Å². The van der Waals surface area contributed by atoms with Crippen LogP contribution in [0.1, 0.15) is 83.9 Å². The summed E-state index contributed by atoms with van der Waals surface area (Å²) in [7, 11) is 0. The number of fused-ring (bicyclic) bond motifs is 2. The maximum atomic E-state index is 15.1. The Morgan fingerprint density at radius 3 is 2.54 bits per heavy atom. The van der Waals surface area contributed by atoms with Gasteiger partial charge in [-0.25, -0.2) is 9.78 Å². The number of pyridine rings is 1. The maximum absolute atomic E-state index is 15.1. The normalized spacial score (nSPS) is 19.4. The Hall–Kier alpha value is -3.73. The van der Waals surface area contributed by atoms with Gasteiger partial charge < -0.3 is 14.2 Å². The summed E-state index contributed by atoms with van der Waals surface area (Å²) in [5, 5.41) is 0.707. The van der Waals surface area contributed by atoms with Gasteiger partial charge in [0.2, 0.25) is 5.91 Å². The Labute approximate surface area is 320 Å². The fraction of sp³-hybridized carbons (Fsp3) is 0.463. The van der Waals surface area contributed by atoms with Crippen molar-refractivity contribution in [1.82, 2.24) is 29.2 Å². The number of carbonyl (C=O) groups is 2. The molecule has 2 amide bonds. The fourth-order valence-electron chi connectivity index (χ4n) is 8.13. The number of halogens is 2. The molecule has 0 bridgehead atoms. The Morgan fingerprint density at radius 2 is 1.77 bits per heavy atom. The predicted molar refractivity (Wildman–Crippen MR) is 206 cm³/mol. The molecule has 2 aromatic carbocycles. The van der Waals surface area contributed by atoms with E-state index in [9.17, 15) is 4.79 Å². The third kappa shape index (κ3) is 8.24. The number of aromatic nitrogens is 3. The zero-order valence-corrected chi connectivity index (χ0v) is 32.5. The average Bonchev–Trinajstić information content (AvgIpc) is 3.38. The van der Waals surface area contributed by atoms with Gasteiger partial charge in [-0.1, -0.05) is 54.4 Å². The highest BCUT2D eigenvalue weighted by atomic mass is 79.9. The summed E-state index contributed by atoms with van der Waals surface area (Å²) in [6, 6.07) is 17.5. The third-order valence-electron chi connectivity index (χ3n) is 11.1. The maximum Gasteiger partial charge on any atom is 0.410 e. The van der Waals surface area contributed by atoms with Crippen LogP contribution >= 0.6 is 27.5 Å². The summed E-state index contributed by atoms with van der Waals surface area (Å²) in [6.45, 7) is 7.13. The molecule has 1 saturated carbocycles. The van der Waals surface area contributed by atoms with E-state index in [1.54, 1.807) is 4.90 Å². The lowest BCUT2D eigenvalue weighted by molar-refractivity contribution is -0.140. The minimum Gasteiger partial charge on any atom is -0.446 e. The number of aryl methyl sites for hydroxylation is 4. The van der Waals surface area contributed by atoms with Crippen LogP contribution in [0, 0.1) is 13.8 Å². The molecule has 0 unspecified atom stereocenters. The largest absolute Gasteiger partial charge is 0.446 e. The molecular weight excluding hydrogens is 740 g/mol. The lowest BCUT2D eigenvalue weighted by Crippen LogP contribution is -2.62. The molecule has 2 aromatic heterocycles. The van der Waals surface area contributed by atoms with E-state index in [1.807, 2.05) is 48.6 Å². The molecule has 0 spiro atoms. The lowest BCUT2D eigenvalue weighted by atomic mass is 9.95. The minimum atomic E-state index is -0.733. The average molecular weight is 788 g/mol. The fourth-order valence-corrected chi connectivity index (χ4v) is 8.70. The number of hydrogen-bond donors (Lipinski definition) is 0. The van der Waals surface area contributed by atoms with Crippen LogP contribution in [0.4, 0.5) is 4.79 Å². The van der Waals surface area contributed by atoms with Gasteiger partial charge >= 0.3 is 6.09 Å². The number of ether oxygens (including phenoxy) is 1. The van der Waals surface area contributed by atoms with E-state index < -0.39 is 6.04 Å². The number of nitrogens with zero attached hydrogens (tertiary/aromatic N) is 6. The first-order valence-electron chi connectivity index (χ1n) is 18.7. The first-order valence-corrected chi connectivity index (χ1v) is 19.9. The van der Waals surface area contributed by atoms with Crippen LogP contribution < -0.4 is 0 Å². The van der Waals surface area contributed by atoms with Crippen molar-refractivity contribution in [3.05, 3.63) is 116 Å². The second-order valence-electron chi connectivity index (χ2n) is 14.5. The van der Waals surface area contributed by atoms with Gasteiger partial charge in [-0.2, -0.15) is 0 Å². The first-order chi connectivity index (χ1) is 25.2. The molecule has 2 aliphatic carbocycles. The third-order valence-corrected chi connectivity index (χ3v) is 11.8. The van der Waals surface area contributed by atoms with E-state index in [0.29, 0.717) is 37.7 Å². The van der Waals surface area contributed by atoms with Crippen molar-refractivity contribution in [1.29, 1.82) is 0 Å². The van der Waals surface area contributed by atoms with Crippen molar-refractivity contribution in [3.63, 3.8) is 0 Å². The Morgan fingerprint density at radius 1 is 0.981 bits per heavy atom. The number of benzene rings is 2. The van der Waals surface area contributed by atoms with Crippen molar-refractivity contribution in [2.24, 2.45) is 0 Å². The first kappa shape index (κ1) is 36.6. The molecule has 3 aliphatic rings. The number of amides is 2. The second kappa shape index (κ2) is 16.5. The van der Waals surface area contributed by atoms with Gasteiger partial charge in [0.25, 0.3) is 0 Å². The van der Waals surface area contributed by atoms with Crippen molar-refractivity contribution < 1.29 is 14.3 Å². The van der Waals surface area contributed by atoms with Crippen molar-refractivity contribution in [2.45, 2.75) is 96.5 Å². The summed E-state index contributed by atoms with van der Waals surface area (Å²) in [6.07, 6.45) is 10.7. The highest BCUT2D eigenvalue weighted by Gasteiger charge is 2.43. The number of carbonyl (C=O) groups excluding carboxylic acids is 2. The van der Waals surface area contributed by atoms with E-state index in [-0.39, 0.29) is 24.1 Å².